The van der Waals surface area contributed by atoms with Gasteiger partial charge in [0.05, 0.1) is 6.20 Å². The zero-order valence-electron chi connectivity index (χ0n) is 9.00. The summed E-state index contributed by atoms with van der Waals surface area (Å²) in [5, 5.41) is -0.203. The van der Waals surface area contributed by atoms with Gasteiger partial charge in [0.15, 0.2) is 5.76 Å². The molecule has 1 atom stereocenters. The number of alkyl halides is 1. The van der Waals surface area contributed by atoms with E-state index in [0.29, 0.717) is 5.89 Å². The number of halogens is 2. The van der Waals surface area contributed by atoms with Crippen molar-refractivity contribution in [2.45, 2.75) is 19.2 Å². The van der Waals surface area contributed by atoms with Crippen LogP contribution in [0.3, 0.4) is 0 Å². The van der Waals surface area contributed by atoms with E-state index in [-0.39, 0.29) is 5.38 Å². The van der Waals surface area contributed by atoms with Crippen molar-refractivity contribution < 1.29 is 4.42 Å². The fourth-order valence-corrected chi connectivity index (χ4v) is 1.75. The van der Waals surface area contributed by atoms with E-state index < -0.39 is 0 Å². The predicted octanol–water partition coefficient (Wildman–Crippen LogP) is 4.71. The van der Waals surface area contributed by atoms with Crippen LogP contribution in [0.5, 0.6) is 0 Å². The lowest BCUT2D eigenvalue weighted by Crippen LogP contribution is -1.81. The van der Waals surface area contributed by atoms with E-state index in [1.165, 1.54) is 0 Å². The molecule has 84 valence electrons. The zero-order valence-corrected chi connectivity index (χ0v) is 11.3. The molecule has 2 nitrogen and oxygen atoms in total. The summed E-state index contributed by atoms with van der Waals surface area (Å²) in [5.41, 5.74) is 2.17. The van der Waals surface area contributed by atoms with E-state index >= 15 is 0 Å². The molecular formula is C12H11BrClNO. The maximum absolute atomic E-state index is 5.90. The Hall–Kier alpha value is -0.800. The summed E-state index contributed by atoms with van der Waals surface area (Å²) in [6.07, 6.45) is 1.71. The summed E-state index contributed by atoms with van der Waals surface area (Å²) in [6, 6.07) is 6.03. The van der Waals surface area contributed by atoms with Crippen molar-refractivity contribution in [3.63, 3.8) is 0 Å². The first-order chi connectivity index (χ1) is 7.58. The summed E-state index contributed by atoms with van der Waals surface area (Å²) in [5.74, 6) is 1.30. The van der Waals surface area contributed by atoms with Crippen molar-refractivity contribution in [2.75, 3.05) is 0 Å². The van der Waals surface area contributed by atoms with Crippen LogP contribution in [0.15, 0.2) is 33.3 Å². The normalized spacial score (nSPS) is 12.8. The van der Waals surface area contributed by atoms with Crippen molar-refractivity contribution >= 4 is 27.5 Å². The number of nitrogens with zero attached hydrogens (tertiary/aromatic N) is 1. The van der Waals surface area contributed by atoms with Crippen molar-refractivity contribution in [3.8, 4) is 11.3 Å². The van der Waals surface area contributed by atoms with Gasteiger partial charge in [0, 0.05) is 10.0 Å². The molecule has 0 aliphatic heterocycles. The molecule has 0 aliphatic rings. The minimum atomic E-state index is -0.203. The molecule has 0 saturated carbocycles. The number of aromatic nitrogens is 1. The highest BCUT2D eigenvalue weighted by atomic mass is 79.9. The van der Waals surface area contributed by atoms with Crippen LogP contribution < -0.4 is 0 Å². The quantitative estimate of drug-likeness (QED) is 0.751. The van der Waals surface area contributed by atoms with Crippen LogP contribution in [0.4, 0.5) is 0 Å². The topological polar surface area (TPSA) is 26.0 Å². The SMILES string of the molecule is Cc1cc(-c2cnc(C(C)Cl)o2)ccc1Br. The Kier molecular flexibility index (Phi) is 3.36. The predicted molar refractivity (Wildman–Crippen MR) is 68.6 cm³/mol. The first-order valence-electron chi connectivity index (χ1n) is 4.94. The van der Waals surface area contributed by atoms with Gasteiger partial charge in [-0.25, -0.2) is 4.98 Å². The molecule has 2 aromatic rings. The first kappa shape index (κ1) is 11.7. The summed E-state index contributed by atoms with van der Waals surface area (Å²) in [4.78, 5) is 4.13. The Morgan fingerprint density at radius 3 is 2.75 bits per heavy atom. The number of aryl methyl sites for hydroxylation is 1. The van der Waals surface area contributed by atoms with Crippen LogP contribution in [0.2, 0.25) is 0 Å². The van der Waals surface area contributed by atoms with Crippen LogP contribution in [-0.4, -0.2) is 4.98 Å². The van der Waals surface area contributed by atoms with Gasteiger partial charge in [0.25, 0.3) is 0 Å². The van der Waals surface area contributed by atoms with Crippen LogP contribution in [-0.2, 0) is 0 Å². The molecule has 0 amide bonds. The highest BCUT2D eigenvalue weighted by Gasteiger charge is 2.11. The number of hydrogen-bond donors (Lipinski definition) is 0. The molecule has 1 heterocycles. The Morgan fingerprint density at radius 2 is 2.19 bits per heavy atom. The molecule has 1 aromatic heterocycles. The summed E-state index contributed by atoms with van der Waals surface area (Å²) < 4.78 is 6.65. The number of benzene rings is 1. The van der Waals surface area contributed by atoms with Crippen molar-refractivity contribution in [2.24, 2.45) is 0 Å². The fourth-order valence-electron chi connectivity index (χ4n) is 1.40. The Balaban J connectivity index is 2.39. The van der Waals surface area contributed by atoms with Crippen LogP contribution in [0.1, 0.15) is 23.8 Å². The third kappa shape index (κ3) is 2.30. The highest BCUT2D eigenvalue weighted by Crippen LogP contribution is 2.28. The second-order valence-corrected chi connectivity index (χ2v) is 5.15. The maximum Gasteiger partial charge on any atom is 0.212 e. The molecule has 0 bridgehead atoms. The molecule has 0 N–H and O–H groups in total. The Bertz CT molecular complexity index is 507. The Morgan fingerprint density at radius 1 is 1.44 bits per heavy atom. The van der Waals surface area contributed by atoms with Gasteiger partial charge < -0.3 is 4.42 Å². The van der Waals surface area contributed by atoms with E-state index in [4.69, 9.17) is 16.0 Å². The number of hydrogen-bond acceptors (Lipinski definition) is 2. The molecule has 0 saturated heterocycles. The smallest absolute Gasteiger partial charge is 0.212 e. The molecule has 0 spiro atoms. The standard InChI is InChI=1S/C12H11BrClNO/c1-7-5-9(3-4-10(7)13)11-6-15-12(16-11)8(2)14/h3-6,8H,1-2H3. The first-order valence-corrected chi connectivity index (χ1v) is 6.17. The highest BCUT2D eigenvalue weighted by molar-refractivity contribution is 9.10. The molecule has 0 aliphatic carbocycles. The Labute approximate surface area is 108 Å². The third-order valence-electron chi connectivity index (χ3n) is 2.31. The summed E-state index contributed by atoms with van der Waals surface area (Å²) in [7, 11) is 0. The molecule has 2 rings (SSSR count). The van der Waals surface area contributed by atoms with Crippen LogP contribution in [0.25, 0.3) is 11.3 Å². The lowest BCUT2D eigenvalue weighted by Gasteiger charge is -2.01. The van der Waals surface area contributed by atoms with Crippen molar-refractivity contribution in [1.29, 1.82) is 0 Å². The largest absolute Gasteiger partial charge is 0.439 e. The molecule has 0 fully saturated rings. The van der Waals surface area contributed by atoms with Crippen molar-refractivity contribution in [3.05, 3.63) is 40.3 Å². The average molecular weight is 301 g/mol. The second kappa shape index (κ2) is 4.60. The third-order valence-corrected chi connectivity index (χ3v) is 3.38. The van der Waals surface area contributed by atoms with E-state index in [1.54, 1.807) is 6.20 Å². The van der Waals surface area contributed by atoms with Gasteiger partial charge in [-0.05, 0) is 31.5 Å². The van der Waals surface area contributed by atoms with Gasteiger partial charge in [-0.3, -0.25) is 0 Å². The number of oxazole rings is 1. The van der Waals surface area contributed by atoms with Gasteiger partial charge in [-0.2, -0.15) is 0 Å². The molecule has 0 radical (unpaired) electrons. The fraction of sp³-hybridized carbons (Fsp3) is 0.250. The van der Waals surface area contributed by atoms with E-state index in [0.717, 1.165) is 21.4 Å². The molecule has 16 heavy (non-hydrogen) atoms. The maximum atomic E-state index is 5.90. The number of rotatable bonds is 2. The summed E-state index contributed by atoms with van der Waals surface area (Å²) in [6.45, 7) is 3.87. The van der Waals surface area contributed by atoms with Gasteiger partial charge in [-0.15, -0.1) is 11.6 Å². The average Bonchev–Trinajstić information content (AvgIpc) is 2.71. The van der Waals surface area contributed by atoms with E-state index in [2.05, 4.69) is 20.9 Å². The van der Waals surface area contributed by atoms with Crippen molar-refractivity contribution in [1.82, 2.24) is 4.98 Å². The van der Waals surface area contributed by atoms with Gasteiger partial charge >= 0.3 is 0 Å². The van der Waals surface area contributed by atoms with E-state index in [9.17, 15) is 0 Å². The minimum Gasteiger partial charge on any atom is -0.439 e. The van der Waals surface area contributed by atoms with Crippen LogP contribution in [0, 0.1) is 6.92 Å². The van der Waals surface area contributed by atoms with Gasteiger partial charge in [0.2, 0.25) is 5.89 Å². The molecule has 1 unspecified atom stereocenters. The minimum absolute atomic E-state index is 0.203. The second-order valence-electron chi connectivity index (χ2n) is 3.64. The molecule has 4 heteroatoms. The molecular weight excluding hydrogens is 289 g/mol. The van der Waals surface area contributed by atoms with Crippen LogP contribution >= 0.6 is 27.5 Å². The van der Waals surface area contributed by atoms with Gasteiger partial charge in [-0.1, -0.05) is 22.0 Å². The molecule has 1 aromatic carbocycles. The van der Waals surface area contributed by atoms with E-state index in [1.807, 2.05) is 32.0 Å². The zero-order chi connectivity index (χ0) is 11.7. The lowest BCUT2D eigenvalue weighted by molar-refractivity contribution is 0.508. The lowest BCUT2D eigenvalue weighted by atomic mass is 10.1. The van der Waals surface area contributed by atoms with Gasteiger partial charge in [0.1, 0.15) is 5.38 Å². The monoisotopic (exact) mass is 299 g/mol. The summed E-state index contributed by atoms with van der Waals surface area (Å²) >= 11 is 9.36.